The van der Waals surface area contributed by atoms with Gasteiger partial charge in [-0.2, -0.15) is 0 Å². The van der Waals surface area contributed by atoms with E-state index in [1.807, 2.05) is 24.0 Å². The van der Waals surface area contributed by atoms with Crippen LogP contribution in [0.3, 0.4) is 0 Å². The summed E-state index contributed by atoms with van der Waals surface area (Å²) in [5.41, 5.74) is 0.649. The summed E-state index contributed by atoms with van der Waals surface area (Å²) in [5, 5.41) is 23.8. The SMILES string of the molecule is CCCS(=O)c1cc(OCC(O)CNC2CCN(c3ccc(C(=O)N4CCCC4)cn3)CC2)ccc1O. The van der Waals surface area contributed by atoms with Gasteiger partial charge in [-0.25, -0.2) is 4.98 Å². The van der Waals surface area contributed by atoms with Gasteiger partial charge in [-0.3, -0.25) is 9.00 Å². The molecule has 2 aliphatic heterocycles. The van der Waals surface area contributed by atoms with Gasteiger partial charge in [-0.15, -0.1) is 0 Å². The van der Waals surface area contributed by atoms with Crippen molar-refractivity contribution in [1.29, 1.82) is 0 Å². The van der Waals surface area contributed by atoms with Crippen LogP contribution in [0.1, 0.15) is 49.4 Å². The molecule has 202 valence electrons. The van der Waals surface area contributed by atoms with Crippen molar-refractivity contribution in [2.24, 2.45) is 0 Å². The number of hydrogen-bond donors (Lipinski definition) is 3. The fourth-order valence-corrected chi connectivity index (χ4v) is 5.87. The molecular weight excluding hydrogens is 492 g/mol. The average Bonchev–Trinajstić information content (AvgIpc) is 3.47. The number of rotatable bonds is 11. The maximum absolute atomic E-state index is 12.5. The predicted octanol–water partition coefficient (Wildman–Crippen LogP) is 2.54. The zero-order valence-electron chi connectivity index (χ0n) is 21.5. The van der Waals surface area contributed by atoms with Crippen LogP contribution in [0.25, 0.3) is 0 Å². The van der Waals surface area contributed by atoms with E-state index in [2.05, 4.69) is 15.2 Å². The Hall–Kier alpha value is -2.69. The molecule has 2 saturated heterocycles. The van der Waals surface area contributed by atoms with Crippen LogP contribution in [0, 0.1) is 0 Å². The maximum atomic E-state index is 12.5. The van der Waals surface area contributed by atoms with Gasteiger partial charge in [0.1, 0.15) is 30.0 Å². The van der Waals surface area contributed by atoms with Gasteiger partial charge in [-0.05, 0) is 56.4 Å². The number of hydrogen-bond acceptors (Lipinski definition) is 8. The number of aliphatic hydroxyl groups excluding tert-OH is 1. The molecule has 37 heavy (non-hydrogen) atoms. The first-order valence-corrected chi connectivity index (χ1v) is 14.5. The number of likely N-dealkylation sites (tertiary alicyclic amines) is 1. The Morgan fingerprint density at radius 1 is 1.19 bits per heavy atom. The van der Waals surface area contributed by atoms with Crippen LogP contribution in [0.5, 0.6) is 11.5 Å². The highest BCUT2D eigenvalue weighted by atomic mass is 32.2. The highest BCUT2D eigenvalue weighted by molar-refractivity contribution is 7.85. The Bertz CT molecular complexity index is 1050. The van der Waals surface area contributed by atoms with E-state index < -0.39 is 16.9 Å². The van der Waals surface area contributed by atoms with Gasteiger partial charge < -0.3 is 30.1 Å². The van der Waals surface area contributed by atoms with Crippen molar-refractivity contribution in [3.05, 3.63) is 42.1 Å². The number of carbonyl (C=O) groups is 1. The molecule has 0 saturated carbocycles. The van der Waals surface area contributed by atoms with Crippen molar-refractivity contribution in [3.63, 3.8) is 0 Å². The molecule has 2 fully saturated rings. The van der Waals surface area contributed by atoms with Gasteiger partial charge in [0.2, 0.25) is 0 Å². The second-order valence-corrected chi connectivity index (χ2v) is 11.3. The number of aromatic hydroxyl groups is 1. The molecule has 0 aliphatic carbocycles. The number of aliphatic hydroxyl groups is 1. The van der Waals surface area contributed by atoms with E-state index in [0.717, 1.165) is 64.1 Å². The zero-order chi connectivity index (χ0) is 26.2. The Kier molecular flexibility index (Phi) is 9.76. The van der Waals surface area contributed by atoms with Gasteiger partial charge in [0.05, 0.1) is 21.3 Å². The number of carbonyl (C=O) groups excluding carboxylic acids is 1. The summed E-state index contributed by atoms with van der Waals surface area (Å²) in [4.78, 5) is 21.6. The van der Waals surface area contributed by atoms with Crippen molar-refractivity contribution in [2.75, 3.05) is 50.0 Å². The number of ether oxygens (including phenoxy) is 1. The van der Waals surface area contributed by atoms with Crippen LogP contribution in [-0.2, 0) is 10.8 Å². The lowest BCUT2D eigenvalue weighted by Crippen LogP contribution is -2.45. The molecule has 1 amide bonds. The van der Waals surface area contributed by atoms with E-state index in [1.165, 1.54) is 6.07 Å². The van der Waals surface area contributed by atoms with E-state index in [1.54, 1.807) is 18.3 Å². The standard InChI is InChI=1S/C27H38N4O5S/c1-2-15-37(35)25-16-23(6-7-24(25)33)36-19-22(32)18-28-21-9-13-30(14-10-21)26-8-5-20(17-29-26)27(34)31-11-3-4-12-31/h5-8,16-17,21-22,28,32-33H,2-4,9-15,18-19H2,1H3. The molecule has 2 unspecified atom stereocenters. The minimum absolute atomic E-state index is 0.00518. The third-order valence-corrected chi connectivity index (χ3v) is 8.45. The van der Waals surface area contributed by atoms with Gasteiger partial charge in [0.25, 0.3) is 5.91 Å². The molecular formula is C27H38N4O5S. The summed E-state index contributed by atoms with van der Waals surface area (Å²) in [6.07, 6.45) is 5.75. The smallest absolute Gasteiger partial charge is 0.255 e. The van der Waals surface area contributed by atoms with Crippen LogP contribution in [-0.4, -0.2) is 87.4 Å². The second-order valence-electron chi connectivity index (χ2n) is 9.72. The molecule has 0 spiro atoms. The number of aromatic nitrogens is 1. The minimum atomic E-state index is -1.28. The minimum Gasteiger partial charge on any atom is -0.507 e. The first-order chi connectivity index (χ1) is 17.9. The fraction of sp³-hybridized carbons (Fsp3) is 0.556. The summed E-state index contributed by atoms with van der Waals surface area (Å²) < 4.78 is 17.9. The normalized spacial score (nSPS) is 18.1. The monoisotopic (exact) mass is 530 g/mol. The van der Waals surface area contributed by atoms with Crippen molar-refractivity contribution in [3.8, 4) is 11.5 Å². The Morgan fingerprint density at radius 3 is 2.62 bits per heavy atom. The van der Waals surface area contributed by atoms with E-state index in [0.29, 0.717) is 34.5 Å². The first kappa shape index (κ1) is 27.3. The highest BCUT2D eigenvalue weighted by Gasteiger charge is 2.23. The second kappa shape index (κ2) is 13.2. The molecule has 3 N–H and O–H groups in total. The van der Waals surface area contributed by atoms with E-state index >= 15 is 0 Å². The average molecular weight is 531 g/mol. The van der Waals surface area contributed by atoms with Gasteiger partial charge in [0.15, 0.2) is 0 Å². The number of phenols is 1. The summed E-state index contributed by atoms with van der Waals surface area (Å²) in [6.45, 7) is 5.81. The molecule has 4 rings (SSSR count). The van der Waals surface area contributed by atoms with Crippen LogP contribution < -0.4 is 15.0 Å². The summed E-state index contributed by atoms with van der Waals surface area (Å²) in [5.74, 6) is 1.90. The molecule has 2 atom stereocenters. The van der Waals surface area contributed by atoms with Gasteiger partial charge in [-0.1, -0.05) is 6.92 Å². The van der Waals surface area contributed by atoms with E-state index in [9.17, 15) is 19.2 Å². The topological polar surface area (TPSA) is 115 Å². The Morgan fingerprint density at radius 2 is 1.95 bits per heavy atom. The third-order valence-electron chi connectivity index (χ3n) is 6.86. The van der Waals surface area contributed by atoms with Crippen molar-refractivity contribution in [2.45, 2.75) is 56.1 Å². The Labute approximate surface area is 221 Å². The van der Waals surface area contributed by atoms with E-state index in [4.69, 9.17) is 4.74 Å². The lowest BCUT2D eigenvalue weighted by molar-refractivity contribution is 0.0792. The number of pyridine rings is 1. The van der Waals surface area contributed by atoms with Gasteiger partial charge >= 0.3 is 0 Å². The number of benzene rings is 1. The van der Waals surface area contributed by atoms with Crippen LogP contribution >= 0.6 is 0 Å². The molecule has 9 nitrogen and oxygen atoms in total. The number of nitrogens with one attached hydrogen (secondary N) is 1. The molecule has 0 bridgehead atoms. The predicted molar refractivity (Wildman–Crippen MR) is 144 cm³/mol. The van der Waals surface area contributed by atoms with Crippen LogP contribution in [0.15, 0.2) is 41.4 Å². The zero-order valence-corrected chi connectivity index (χ0v) is 22.3. The lowest BCUT2D eigenvalue weighted by Gasteiger charge is -2.33. The largest absolute Gasteiger partial charge is 0.507 e. The molecule has 1 aromatic carbocycles. The third kappa shape index (κ3) is 7.43. The molecule has 3 heterocycles. The number of nitrogens with zero attached hydrogens (tertiary/aromatic N) is 3. The number of piperidine rings is 1. The molecule has 10 heteroatoms. The van der Waals surface area contributed by atoms with Crippen molar-refractivity contribution in [1.82, 2.24) is 15.2 Å². The van der Waals surface area contributed by atoms with Crippen molar-refractivity contribution < 1.29 is 24.0 Å². The van der Waals surface area contributed by atoms with Crippen LogP contribution in [0.4, 0.5) is 5.82 Å². The lowest BCUT2D eigenvalue weighted by atomic mass is 10.0. The first-order valence-electron chi connectivity index (χ1n) is 13.2. The molecule has 2 aromatic rings. The number of amides is 1. The molecule has 0 radical (unpaired) electrons. The van der Waals surface area contributed by atoms with Crippen molar-refractivity contribution >= 4 is 22.5 Å². The number of anilines is 1. The highest BCUT2D eigenvalue weighted by Crippen LogP contribution is 2.27. The van der Waals surface area contributed by atoms with Crippen LogP contribution in [0.2, 0.25) is 0 Å². The fourth-order valence-electron chi connectivity index (χ4n) is 4.73. The Balaban J connectivity index is 1.18. The molecule has 2 aliphatic rings. The number of phenolic OH excluding ortho intramolecular Hbond substituents is 1. The quantitative estimate of drug-likeness (QED) is 0.406. The maximum Gasteiger partial charge on any atom is 0.255 e. The summed E-state index contributed by atoms with van der Waals surface area (Å²) >= 11 is 0. The summed E-state index contributed by atoms with van der Waals surface area (Å²) in [7, 11) is -1.28. The summed E-state index contributed by atoms with van der Waals surface area (Å²) in [6, 6.07) is 8.77. The van der Waals surface area contributed by atoms with E-state index in [-0.39, 0.29) is 18.3 Å². The molecule has 1 aromatic heterocycles. The van der Waals surface area contributed by atoms with Gasteiger partial charge in [0, 0.05) is 56.8 Å².